The van der Waals surface area contributed by atoms with Crippen LogP contribution in [-0.4, -0.2) is 21.4 Å². The second kappa shape index (κ2) is 7.54. The zero-order chi connectivity index (χ0) is 20.4. The number of nitrogens with zero attached hydrogens (tertiary/aromatic N) is 3. The van der Waals surface area contributed by atoms with Crippen molar-refractivity contribution in [2.24, 2.45) is 5.29 Å². The maximum absolute atomic E-state index is 13.4. The Labute approximate surface area is 165 Å². The van der Waals surface area contributed by atoms with Crippen LogP contribution in [0.15, 0.2) is 60.2 Å². The number of allylic oxidation sites excluding steroid dienone is 2. The summed E-state index contributed by atoms with van der Waals surface area (Å²) >= 11 is 0. The van der Waals surface area contributed by atoms with Crippen LogP contribution in [0.4, 0.5) is 8.78 Å². The minimum absolute atomic E-state index is 0.130. The van der Waals surface area contributed by atoms with Crippen LogP contribution in [0.1, 0.15) is 40.7 Å². The van der Waals surface area contributed by atoms with Gasteiger partial charge >= 0.3 is 0 Å². The summed E-state index contributed by atoms with van der Waals surface area (Å²) in [4.78, 5) is 26.2. The summed E-state index contributed by atoms with van der Waals surface area (Å²) in [5.41, 5.74) is 5.75. The van der Waals surface area contributed by atoms with Crippen LogP contribution < -0.4 is 5.43 Å². The Morgan fingerprint density at radius 1 is 1.24 bits per heavy atom. The number of pyridine rings is 1. The molecule has 1 aromatic carbocycles. The highest BCUT2D eigenvalue weighted by atomic mass is 19.3. The third kappa shape index (κ3) is 4.06. The van der Waals surface area contributed by atoms with Gasteiger partial charge in [0.2, 0.25) is 0 Å². The number of rotatable bonds is 5. The van der Waals surface area contributed by atoms with Gasteiger partial charge in [-0.25, -0.2) is 19.2 Å². The smallest absolute Gasteiger partial charge is 0.273 e. The van der Waals surface area contributed by atoms with Crippen molar-refractivity contribution in [2.45, 2.75) is 31.7 Å². The number of amides is 1. The zero-order valence-corrected chi connectivity index (χ0v) is 15.4. The Hall–Kier alpha value is -3.42. The lowest BCUT2D eigenvalue weighted by atomic mass is 9.92. The first kappa shape index (κ1) is 18.9. The third-order valence-electron chi connectivity index (χ3n) is 5.10. The predicted molar refractivity (Wildman–Crippen MR) is 105 cm³/mol. The second-order valence-corrected chi connectivity index (χ2v) is 7.10. The van der Waals surface area contributed by atoms with Crippen LogP contribution >= 0.6 is 0 Å². The molecule has 4 rings (SSSR count). The fraction of sp³-hybridized carbons (Fsp3) is 0.238. The molecule has 0 unspecified atom stereocenters. The van der Waals surface area contributed by atoms with E-state index in [1.54, 1.807) is 36.5 Å². The molecule has 0 saturated carbocycles. The van der Waals surface area contributed by atoms with E-state index in [1.165, 1.54) is 0 Å². The van der Waals surface area contributed by atoms with E-state index in [0.717, 1.165) is 27.7 Å². The Morgan fingerprint density at radius 3 is 2.72 bits per heavy atom. The molecule has 2 aromatic heterocycles. The summed E-state index contributed by atoms with van der Waals surface area (Å²) in [5, 5.41) is 3.31. The largest absolute Gasteiger partial charge is 0.328 e. The van der Waals surface area contributed by atoms with Crippen LogP contribution in [-0.2, 0) is 6.54 Å². The molecule has 2 heterocycles. The zero-order valence-electron chi connectivity index (χ0n) is 15.4. The Bertz CT molecular complexity index is 1100. The Morgan fingerprint density at radius 2 is 2.03 bits per heavy atom. The SMILES string of the molecule is O=NNC(=O)c1ccc(Cn2ccc3cc(C4=CCC(F)(F)CC4)cnc32)cc1. The first-order valence-corrected chi connectivity index (χ1v) is 9.19. The van der Waals surface area contributed by atoms with Crippen molar-refractivity contribution in [2.75, 3.05) is 0 Å². The number of hydrogen-bond acceptors (Lipinski definition) is 4. The number of aromatic nitrogens is 2. The summed E-state index contributed by atoms with van der Waals surface area (Å²) < 4.78 is 28.7. The van der Waals surface area contributed by atoms with Gasteiger partial charge in [0.05, 0.1) is 5.29 Å². The number of nitroso groups, excluding NO2 is 1. The Balaban J connectivity index is 1.53. The van der Waals surface area contributed by atoms with Gasteiger partial charge in [0, 0.05) is 42.7 Å². The maximum Gasteiger partial charge on any atom is 0.273 e. The van der Waals surface area contributed by atoms with Crippen LogP contribution in [0.25, 0.3) is 16.6 Å². The molecule has 0 saturated heterocycles. The minimum Gasteiger partial charge on any atom is -0.328 e. The molecule has 148 valence electrons. The van der Waals surface area contributed by atoms with E-state index < -0.39 is 11.8 Å². The normalized spacial score (nSPS) is 15.7. The van der Waals surface area contributed by atoms with E-state index in [2.05, 4.69) is 10.3 Å². The predicted octanol–water partition coefficient (Wildman–Crippen LogP) is 4.70. The highest BCUT2D eigenvalue weighted by Crippen LogP contribution is 2.36. The van der Waals surface area contributed by atoms with Gasteiger partial charge in [-0.1, -0.05) is 18.2 Å². The first-order valence-electron chi connectivity index (χ1n) is 9.19. The summed E-state index contributed by atoms with van der Waals surface area (Å²) in [6.45, 7) is 0.554. The molecule has 6 nitrogen and oxygen atoms in total. The lowest BCUT2D eigenvalue weighted by Gasteiger charge is -2.21. The average Bonchev–Trinajstić information content (AvgIpc) is 3.11. The monoisotopic (exact) mass is 396 g/mol. The molecule has 0 spiro atoms. The number of benzene rings is 1. The van der Waals surface area contributed by atoms with Gasteiger partial charge in [-0.3, -0.25) is 4.79 Å². The number of hydrogen-bond donors (Lipinski definition) is 1. The number of fused-ring (bicyclic) bond motifs is 1. The minimum atomic E-state index is -2.61. The van der Waals surface area contributed by atoms with Crippen molar-refractivity contribution >= 4 is 22.5 Å². The van der Waals surface area contributed by atoms with Crippen molar-refractivity contribution in [3.63, 3.8) is 0 Å². The topological polar surface area (TPSA) is 76.3 Å². The summed E-state index contributed by atoms with van der Waals surface area (Å²) in [6.07, 6.45) is 5.25. The molecular weight excluding hydrogens is 378 g/mol. The number of carbonyl (C=O) groups is 1. The van der Waals surface area contributed by atoms with Gasteiger partial charge in [-0.05, 0) is 47.4 Å². The van der Waals surface area contributed by atoms with Gasteiger partial charge < -0.3 is 4.57 Å². The van der Waals surface area contributed by atoms with E-state index in [9.17, 15) is 18.5 Å². The van der Waals surface area contributed by atoms with E-state index in [0.29, 0.717) is 18.5 Å². The van der Waals surface area contributed by atoms with Gasteiger partial charge in [-0.2, -0.15) is 0 Å². The molecule has 0 aliphatic heterocycles. The average molecular weight is 396 g/mol. The quantitative estimate of drug-likeness (QED) is 0.502. The lowest BCUT2D eigenvalue weighted by Crippen LogP contribution is -2.18. The molecular formula is C21H18F2N4O2. The highest BCUT2D eigenvalue weighted by Gasteiger charge is 2.31. The van der Waals surface area contributed by atoms with Crippen LogP contribution in [0.2, 0.25) is 0 Å². The molecule has 8 heteroatoms. The number of nitrogens with one attached hydrogen (secondary N) is 1. The molecule has 0 atom stereocenters. The lowest BCUT2D eigenvalue weighted by molar-refractivity contribution is -0.00603. The van der Waals surface area contributed by atoms with Crippen molar-refractivity contribution in [1.29, 1.82) is 0 Å². The van der Waals surface area contributed by atoms with E-state index in [1.807, 2.05) is 28.3 Å². The van der Waals surface area contributed by atoms with Crippen LogP contribution in [0, 0.1) is 4.91 Å². The van der Waals surface area contributed by atoms with Gasteiger partial charge in [0.25, 0.3) is 11.8 Å². The molecule has 29 heavy (non-hydrogen) atoms. The van der Waals surface area contributed by atoms with Crippen molar-refractivity contribution in [3.8, 4) is 0 Å². The molecule has 0 radical (unpaired) electrons. The maximum atomic E-state index is 13.4. The summed E-state index contributed by atoms with van der Waals surface area (Å²) in [6, 6.07) is 10.8. The molecule has 3 aromatic rings. The second-order valence-electron chi connectivity index (χ2n) is 7.10. The molecule has 1 N–H and O–H groups in total. The fourth-order valence-electron chi connectivity index (χ4n) is 3.50. The molecule has 0 fully saturated rings. The first-order chi connectivity index (χ1) is 13.9. The molecule has 1 amide bonds. The van der Waals surface area contributed by atoms with E-state index in [4.69, 9.17) is 0 Å². The third-order valence-corrected chi connectivity index (χ3v) is 5.10. The Kier molecular flexibility index (Phi) is 4.92. The van der Waals surface area contributed by atoms with Crippen LogP contribution in [0.3, 0.4) is 0 Å². The van der Waals surface area contributed by atoms with Crippen molar-refractivity contribution in [3.05, 3.63) is 76.5 Å². The van der Waals surface area contributed by atoms with Gasteiger partial charge in [0.15, 0.2) is 0 Å². The number of carbonyl (C=O) groups excluding carboxylic acids is 1. The van der Waals surface area contributed by atoms with Crippen molar-refractivity contribution in [1.82, 2.24) is 15.0 Å². The van der Waals surface area contributed by atoms with E-state index >= 15 is 0 Å². The van der Waals surface area contributed by atoms with Gasteiger partial charge in [0.1, 0.15) is 5.65 Å². The molecule has 0 bridgehead atoms. The highest BCUT2D eigenvalue weighted by molar-refractivity contribution is 5.93. The summed E-state index contributed by atoms with van der Waals surface area (Å²) in [7, 11) is 0. The van der Waals surface area contributed by atoms with Gasteiger partial charge in [-0.15, -0.1) is 4.91 Å². The fourth-order valence-corrected chi connectivity index (χ4v) is 3.50. The van der Waals surface area contributed by atoms with Crippen molar-refractivity contribution < 1.29 is 13.6 Å². The number of halogens is 2. The molecule has 1 aliphatic carbocycles. The van der Waals surface area contributed by atoms with E-state index in [-0.39, 0.29) is 12.8 Å². The number of alkyl halides is 2. The summed E-state index contributed by atoms with van der Waals surface area (Å²) in [5.74, 6) is -3.16. The standard InChI is InChI=1S/C21H18F2N4O2/c22-21(23)8-5-15(6-9-21)18-11-17-7-10-27(19(17)24-12-18)13-14-1-3-16(4-2-14)20(28)25-26-29/h1-5,7,10-12H,6,8-9,13H2,(H,25,28,29). The molecule has 1 aliphatic rings. The van der Waals surface area contributed by atoms with Crippen LogP contribution in [0.5, 0.6) is 0 Å².